The van der Waals surface area contributed by atoms with E-state index in [1.54, 1.807) is 24.0 Å². The van der Waals surface area contributed by atoms with Crippen LogP contribution in [0, 0.1) is 0 Å². The predicted molar refractivity (Wildman–Crippen MR) is 118 cm³/mol. The van der Waals surface area contributed by atoms with Crippen molar-refractivity contribution in [3.63, 3.8) is 0 Å². The molecular formula is C23H24ClN5O2. The standard InChI is InChI=1S/C23H24ClN5O2/c1-27-19(6-9-25-27)21(30)28-11-7-22(8-12-28)14-23(15-31-22)20-3-2-10-29(20)18-5-4-16(24)13-17(18)26-23/h2-6,9-10,13,26H,7-8,11-12,14-15H2,1H3/t23-/m0/s1. The Hall–Kier alpha value is -2.77. The van der Waals surface area contributed by atoms with E-state index in [0.29, 0.717) is 30.4 Å². The van der Waals surface area contributed by atoms with Crippen molar-refractivity contribution in [2.24, 2.45) is 7.05 Å². The van der Waals surface area contributed by atoms with E-state index < -0.39 is 0 Å². The van der Waals surface area contributed by atoms with Crippen LogP contribution in [0.15, 0.2) is 48.8 Å². The van der Waals surface area contributed by atoms with Crippen LogP contribution in [0.3, 0.4) is 0 Å². The Labute approximate surface area is 185 Å². The third-order valence-corrected chi connectivity index (χ3v) is 7.32. The van der Waals surface area contributed by atoms with Gasteiger partial charge >= 0.3 is 0 Å². The van der Waals surface area contributed by atoms with Gasteiger partial charge in [0.25, 0.3) is 5.91 Å². The zero-order valence-electron chi connectivity index (χ0n) is 17.3. The summed E-state index contributed by atoms with van der Waals surface area (Å²) < 4.78 is 10.4. The smallest absolute Gasteiger partial charge is 0.272 e. The molecule has 2 fully saturated rings. The highest BCUT2D eigenvalue weighted by Crippen LogP contribution is 2.50. The summed E-state index contributed by atoms with van der Waals surface area (Å²) in [5.41, 5.74) is 3.44. The average molecular weight is 438 g/mol. The Balaban J connectivity index is 1.25. The molecule has 160 valence electrons. The highest BCUT2D eigenvalue weighted by molar-refractivity contribution is 6.31. The molecule has 5 heterocycles. The minimum atomic E-state index is -0.296. The number of hydrogen-bond donors (Lipinski definition) is 1. The molecular weight excluding hydrogens is 414 g/mol. The van der Waals surface area contributed by atoms with Gasteiger partial charge in [-0.3, -0.25) is 9.48 Å². The minimum absolute atomic E-state index is 0.0378. The number of carbonyl (C=O) groups is 1. The first kappa shape index (κ1) is 19.0. The molecule has 0 bridgehead atoms. The van der Waals surface area contributed by atoms with Crippen LogP contribution < -0.4 is 5.32 Å². The van der Waals surface area contributed by atoms with Crippen molar-refractivity contribution in [2.45, 2.75) is 30.4 Å². The van der Waals surface area contributed by atoms with Gasteiger partial charge in [0.15, 0.2) is 0 Å². The molecule has 1 atom stereocenters. The van der Waals surface area contributed by atoms with Crippen molar-refractivity contribution in [1.82, 2.24) is 19.2 Å². The molecule has 2 saturated heterocycles. The van der Waals surface area contributed by atoms with Gasteiger partial charge in [-0.2, -0.15) is 5.10 Å². The summed E-state index contributed by atoms with van der Waals surface area (Å²) in [4.78, 5) is 14.8. The van der Waals surface area contributed by atoms with Crippen LogP contribution in [-0.4, -0.2) is 50.5 Å². The Bertz CT molecular complexity index is 1180. The van der Waals surface area contributed by atoms with Crippen molar-refractivity contribution >= 4 is 23.2 Å². The third-order valence-electron chi connectivity index (χ3n) is 7.08. The normalized spacial score (nSPS) is 23.6. The highest BCUT2D eigenvalue weighted by Gasteiger charge is 2.54. The lowest BCUT2D eigenvalue weighted by molar-refractivity contribution is -0.0393. The molecule has 0 saturated carbocycles. The zero-order valence-corrected chi connectivity index (χ0v) is 18.1. The molecule has 6 rings (SSSR count). The number of fused-ring (bicyclic) bond motifs is 4. The van der Waals surface area contributed by atoms with Crippen LogP contribution in [0.25, 0.3) is 5.69 Å². The number of nitrogens with zero attached hydrogens (tertiary/aromatic N) is 4. The summed E-state index contributed by atoms with van der Waals surface area (Å²) in [7, 11) is 1.80. The molecule has 1 aromatic carbocycles. The average Bonchev–Trinajstić information content (AvgIpc) is 3.49. The summed E-state index contributed by atoms with van der Waals surface area (Å²) in [6.45, 7) is 1.96. The summed E-state index contributed by atoms with van der Waals surface area (Å²) in [6.07, 6.45) is 6.28. The first-order valence-corrected chi connectivity index (χ1v) is 11.0. The number of nitrogens with one attached hydrogen (secondary N) is 1. The van der Waals surface area contributed by atoms with Gasteiger partial charge in [-0.1, -0.05) is 11.6 Å². The quantitative estimate of drug-likeness (QED) is 0.632. The molecule has 31 heavy (non-hydrogen) atoms. The molecule has 3 aliphatic rings. The number of amides is 1. The lowest BCUT2D eigenvalue weighted by atomic mass is 9.79. The summed E-state index contributed by atoms with van der Waals surface area (Å²) in [6, 6.07) is 12.0. The van der Waals surface area contributed by atoms with Gasteiger partial charge in [0.2, 0.25) is 0 Å². The zero-order chi connectivity index (χ0) is 21.2. The number of anilines is 1. The maximum absolute atomic E-state index is 12.9. The molecule has 3 aliphatic heterocycles. The molecule has 0 aliphatic carbocycles. The Morgan fingerprint density at radius 1 is 1.23 bits per heavy atom. The van der Waals surface area contributed by atoms with E-state index >= 15 is 0 Å². The minimum Gasteiger partial charge on any atom is -0.372 e. The number of piperidine rings is 1. The maximum Gasteiger partial charge on any atom is 0.272 e. The van der Waals surface area contributed by atoms with E-state index in [2.05, 4.69) is 39.4 Å². The van der Waals surface area contributed by atoms with Crippen LogP contribution in [0.2, 0.25) is 5.02 Å². The van der Waals surface area contributed by atoms with Gasteiger partial charge in [0, 0.05) is 44.0 Å². The fraction of sp³-hybridized carbons (Fsp3) is 0.391. The summed E-state index contributed by atoms with van der Waals surface area (Å²) >= 11 is 6.29. The van der Waals surface area contributed by atoms with Crippen molar-refractivity contribution < 1.29 is 9.53 Å². The number of ether oxygens (including phenoxy) is 1. The first-order chi connectivity index (χ1) is 15.0. The van der Waals surface area contributed by atoms with E-state index in [9.17, 15) is 4.79 Å². The number of likely N-dealkylation sites (tertiary alicyclic amines) is 1. The molecule has 2 aromatic heterocycles. The van der Waals surface area contributed by atoms with Gasteiger partial charge < -0.3 is 19.5 Å². The van der Waals surface area contributed by atoms with Crippen LogP contribution in [0.4, 0.5) is 5.69 Å². The number of hydrogen-bond acceptors (Lipinski definition) is 4. The fourth-order valence-electron chi connectivity index (χ4n) is 5.48. The van der Waals surface area contributed by atoms with E-state index in [1.807, 2.05) is 17.0 Å². The lowest BCUT2D eigenvalue weighted by Gasteiger charge is -2.41. The fourth-order valence-corrected chi connectivity index (χ4v) is 5.65. The molecule has 3 aromatic rings. The Morgan fingerprint density at radius 2 is 2.06 bits per heavy atom. The number of carbonyl (C=O) groups excluding carboxylic acids is 1. The molecule has 2 spiro atoms. The lowest BCUT2D eigenvalue weighted by Crippen LogP contribution is -2.48. The predicted octanol–water partition coefficient (Wildman–Crippen LogP) is 3.58. The Kier molecular flexibility index (Phi) is 4.04. The first-order valence-electron chi connectivity index (χ1n) is 10.7. The van der Waals surface area contributed by atoms with E-state index in [-0.39, 0.29) is 17.0 Å². The second-order valence-electron chi connectivity index (χ2n) is 8.91. The molecule has 0 radical (unpaired) electrons. The third kappa shape index (κ3) is 2.83. The molecule has 8 heteroatoms. The molecule has 0 unspecified atom stereocenters. The van der Waals surface area contributed by atoms with E-state index in [4.69, 9.17) is 16.3 Å². The van der Waals surface area contributed by atoms with E-state index in [1.165, 1.54) is 5.69 Å². The number of aryl methyl sites for hydroxylation is 1. The van der Waals surface area contributed by atoms with Crippen molar-refractivity contribution in [3.05, 3.63) is 65.2 Å². The number of halogens is 1. The maximum atomic E-state index is 12.9. The van der Waals surface area contributed by atoms with Crippen molar-refractivity contribution in [3.8, 4) is 5.69 Å². The van der Waals surface area contributed by atoms with Crippen LogP contribution in [0.5, 0.6) is 0 Å². The monoisotopic (exact) mass is 437 g/mol. The van der Waals surface area contributed by atoms with Crippen LogP contribution in [-0.2, 0) is 17.3 Å². The van der Waals surface area contributed by atoms with Gasteiger partial charge in [-0.05, 0) is 49.2 Å². The molecule has 7 nitrogen and oxygen atoms in total. The molecule has 1 amide bonds. The topological polar surface area (TPSA) is 64.3 Å². The van der Waals surface area contributed by atoms with Gasteiger partial charge in [0.1, 0.15) is 11.2 Å². The molecule has 1 N–H and O–H groups in total. The number of benzene rings is 1. The van der Waals surface area contributed by atoms with Crippen molar-refractivity contribution in [2.75, 3.05) is 25.0 Å². The second kappa shape index (κ2) is 6.61. The highest BCUT2D eigenvalue weighted by atomic mass is 35.5. The number of rotatable bonds is 1. The van der Waals surface area contributed by atoms with Crippen molar-refractivity contribution in [1.29, 1.82) is 0 Å². The largest absolute Gasteiger partial charge is 0.372 e. The van der Waals surface area contributed by atoms with Crippen LogP contribution in [0.1, 0.15) is 35.4 Å². The number of aromatic nitrogens is 3. The summed E-state index contributed by atoms with van der Waals surface area (Å²) in [5, 5.41) is 8.61. The SMILES string of the molecule is Cn1nccc1C(=O)N1CCC2(CC1)C[C@@]1(CO2)Nc2cc(Cl)ccc2-n2cccc21. The van der Waals surface area contributed by atoms with Gasteiger partial charge in [-0.25, -0.2) is 0 Å². The van der Waals surface area contributed by atoms with Gasteiger partial charge in [0.05, 0.1) is 29.3 Å². The summed E-state index contributed by atoms with van der Waals surface area (Å²) in [5.74, 6) is 0.0378. The van der Waals surface area contributed by atoms with Gasteiger partial charge in [-0.15, -0.1) is 0 Å². The van der Waals surface area contributed by atoms with Crippen LogP contribution >= 0.6 is 11.6 Å². The Morgan fingerprint density at radius 3 is 2.84 bits per heavy atom. The second-order valence-corrected chi connectivity index (χ2v) is 9.35. The van der Waals surface area contributed by atoms with E-state index in [0.717, 1.165) is 30.6 Å².